The van der Waals surface area contributed by atoms with Crippen LogP contribution in [0.3, 0.4) is 0 Å². The van der Waals surface area contributed by atoms with Gasteiger partial charge in [-0.05, 0) is 43.4 Å². The SMILES string of the molecule is CC1(C)CC(Nc2ccc(C(C)(C)C)cc2)CN1. The molecule has 1 aliphatic heterocycles. The maximum absolute atomic E-state index is 3.61. The van der Waals surface area contributed by atoms with Gasteiger partial charge in [0, 0.05) is 23.8 Å². The van der Waals surface area contributed by atoms with Gasteiger partial charge in [0.15, 0.2) is 0 Å². The summed E-state index contributed by atoms with van der Waals surface area (Å²) in [6, 6.07) is 9.41. The zero-order valence-electron chi connectivity index (χ0n) is 12.3. The van der Waals surface area contributed by atoms with Crippen LogP contribution in [0.1, 0.15) is 46.6 Å². The molecule has 1 aromatic carbocycles. The Bertz CT molecular complexity index is 398. The van der Waals surface area contributed by atoms with Crippen LogP contribution in [0.15, 0.2) is 24.3 Å². The predicted octanol–water partition coefficient (Wildman–Crippen LogP) is 3.54. The molecule has 2 N–H and O–H groups in total. The van der Waals surface area contributed by atoms with Crippen molar-refractivity contribution in [1.82, 2.24) is 5.32 Å². The first-order chi connectivity index (χ1) is 8.26. The van der Waals surface area contributed by atoms with E-state index in [2.05, 4.69) is 69.5 Å². The Kier molecular flexibility index (Phi) is 3.41. The van der Waals surface area contributed by atoms with Crippen LogP contribution in [0.4, 0.5) is 5.69 Å². The third kappa shape index (κ3) is 3.26. The average molecular weight is 246 g/mol. The van der Waals surface area contributed by atoms with Gasteiger partial charge in [-0.25, -0.2) is 0 Å². The highest BCUT2D eigenvalue weighted by Gasteiger charge is 2.29. The number of rotatable bonds is 2. The molecular weight excluding hydrogens is 220 g/mol. The Hall–Kier alpha value is -1.02. The average Bonchev–Trinajstić information content (AvgIpc) is 2.57. The third-order valence-corrected chi connectivity index (χ3v) is 3.71. The van der Waals surface area contributed by atoms with Crippen molar-refractivity contribution in [3.8, 4) is 0 Å². The maximum atomic E-state index is 3.61. The van der Waals surface area contributed by atoms with Gasteiger partial charge in [-0.3, -0.25) is 0 Å². The van der Waals surface area contributed by atoms with E-state index in [1.54, 1.807) is 0 Å². The summed E-state index contributed by atoms with van der Waals surface area (Å²) in [6.45, 7) is 12.3. The van der Waals surface area contributed by atoms with Crippen molar-refractivity contribution in [1.29, 1.82) is 0 Å². The summed E-state index contributed by atoms with van der Waals surface area (Å²) in [5.74, 6) is 0. The Morgan fingerprint density at radius 3 is 2.22 bits per heavy atom. The van der Waals surface area contributed by atoms with Gasteiger partial charge in [0.1, 0.15) is 0 Å². The Labute approximate surface area is 111 Å². The van der Waals surface area contributed by atoms with E-state index in [1.807, 2.05) is 0 Å². The summed E-state index contributed by atoms with van der Waals surface area (Å²) in [6.07, 6.45) is 1.17. The van der Waals surface area contributed by atoms with Crippen LogP contribution in [-0.2, 0) is 5.41 Å². The van der Waals surface area contributed by atoms with Gasteiger partial charge >= 0.3 is 0 Å². The van der Waals surface area contributed by atoms with Crippen molar-refractivity contribution in [3.05, 3.63) is 29.8 Å². The van der Waals surface area contributed by atoms with Crippen molar-refractivity contribution in [3.63, 3.8) is 0 Å². The molecule has 0 bridgehead atoms. The summed E-state index contributed by atoms with van der Waals surface area (Å²) in [5, 5.41) is 7.15. The number of hydrogen-bond acceptors (Lipinski definition) is 2. The molecule has 0 radical (unpaired) electrons. The van der Waals surface area contributed by atoms with Crippen molar-refractivity contribution in [2.24, 2.45) is 0 Å². The second-order valence-electron chi connectivity index (χ2n) is 7.14. The molecule has 1 unspecified atom stereocenters. The second-order valence-corrected chi connectivity index (χ2v) is 7.14. The molecule has 1 aromatic rings. The van der Waals surface area contributed by atoms with Crippen LogP contribution in [0.2, 0.25) is 0 Å². The highest BCUT2D eigenvalue weighted by molar-refractivity contribution is 5.47. The molecule has 1 saturated heterocycles. The molecule has 18 heavy (non-hydrogen) atoms. The minimum Gasteiger partial charge on any atom is -0.381 e. The third-order valence-electron chi connectivity index (χ3n) is 3.71. The molecule has 2 rings (SSSR count). The monoisotopic (exact) mass is 246 g/mol. The van der Waals surface area contributed by atoms with E-state index in [-0.39, 0.29) is 11.0 Å². The van der Waals surface area contributed by atoms with Crippen molar-refractivity contribution < 1.29 is 0 Å². The molecule has 0 aromatic heterocycles. The number of hydrogen-bond donors (Lipinski definition) is 2. The van der Waals surface area contributed by atoms with E-state index in [9.17, 15) is 0 Å². The van der Waals surface area contributed by atoms with Crippen LogP contribution < -0.4 is 10.6 Å². The molecule has 1 fully saturated rings. The largest absolute Gasteiger partial charge is 0.381 e. The number of anilines is 1. The van der Waals surface area contributed by atoms with E-state index in [4.69, 9.17) is 0 Å². The molecule has 0 spiro atoms. The Morgan fingerprint density at radius 2 is 1.78 bits per heavy atom. The van der Waals surface area contributed by atoms with Gasteiger partial charge in [-0.2, -0.15) is 0 Å². The Balaban J connectivity index is 1.99. The molecule has 0 aliphatic carbocycles. The molecule has 1 aliphatic rings. The van der Waals surface area contributed by atoms with Crippen LogP contribution in [-0.4, -0.2) is 18.1 Å². The zero-order chi connectivity index (χ0) is 13.4. The van der Waals surface area contributed by atoms with Crippen molar-refractivity contribution >= 4 is 5.69 Å². The topological polar surface area (TPSA) is 24.1 Å². The van der Waals surface area contributed by atoms with Crippen molar-refractivity contribution in [2.45, 2.75) is 58.0 Å². The minimum absolute atomic E-state index is 0.232. The van der Waals surface area contributed by atoms with Gasteiger partial charge in [-0.1, -0.05) is 32.9 Å². The standard InChI is InChI=1S/C16H26N2/c1-15(2,3)12-6-8-13(9-7-12)18-14-10-16(4,5)17-11-14/h6-9,14,17-18H,10-11H2,1-5H3. The molecule has 1 atom stereocenters. The van der Waals surface area contributed by atoms with Crippen LogP contribution in [0.5, 0.6) is 0 Å². The fourth-order valence-electron chi connectivity index (χ4n) is 2.56. The molecule has 2 heteroatoms. The second kappa shape index (κ2) is 4.58. The quantitative estimate of drug-likeness (QED) is 0.834. The lowest BCUT2D eigenvalue weighted by Gasteiger charge is -2.21. The first-order valence-corrected chi connectivity index (χ1v) is 6.88. The summed E-state index contributed by atoms with van der Waals surface area (Å²) >= 11 is 0. The fourth-order valence-corrected chi connectivity index (χ4v) is 2.56. The Morgan fingerprint density at radius 1 is 1.17 bits per heavy atom. The fraction of sp³-hybridized carbons (Fsp3) is 0.625. The summed E-state index contributed by atoms with van der Waals surface area (Å²) in [7, 11) is 0. The van der Waals surface area contributed by atoms with Crippen LogP contribution >= 0.6 is 0 Å². The molecule has 1 heterocycles. The van der Waals surface area contributed by atoms with Gasteiger partial charge in [0.25, 0.3) is 0 Å². The normalized spacial score (nSPS) is 23.1. The van der Waals surface area contributed by atoms with Crippen LogP contribution in [0, 0.1) is 0 Å². The van der Waals surface area contributed by atoms with Gasteiger partial charge in [0.05, 0.1) is 0 Å². The maximum Gasteiger partial charge on any atom is 0.0403 e. The molecular formula is C16H26N2. The smallest absolute Gasteiger partial charge is 0.0403 e. The lowest BCUT2D eigenvalue weighted by atomic mass is 9.87. The lowest BCUT2D eigenvalue weighted by Crippen LogP contribution is -2.31. The molecule has 100 valence electrons. The van der Waals surface area contributed by atoms with E-state index < -0.39 is 0 Å². The summed E-state index contributed by atoms with van der Waals surface area (Å²) in [5.41, 5.74) is 3.11. The van der Waals surface area contributed by atoms with E-state index in [1.165, 1.54) is 17.7 Å². The zero-order valence-corrected chi connectivity index (χ0v) is 12.3. The first kappa shape index (κ1) is 13.4. The summed E-state index contributed by atoms with van der Waals surface area (Å²) < 4.78 is 0. The number of benzene rings is 1. The van der Waals surface area contributed by atoms with E-state index >= 15 is 0 Å². The highest BCUT2D eigenvalue weighted by Crippen LogP contribution is 2.25. The molecule has 0 saturated carbocycles. The van der Waals surface area contributed by atoms with Gasteiger partial charge in [0.2, 0.25) is 0 Å². The molecule has 2 nitrogen and oxygen atoms in total. The van der Waals surface area contributed by atoms with Gasteiger partial charge < -0.3 is 10.6 Å². The van der Waals surface area contributed by atoms with Gasteiger partial charge in [-0.15, -0.1) is 0 Å². The van der Waals surface area contributed by atoms with Crippen molar-refractivity contribution in [2.75, 3.05) is 11.9 Å². The lowest BCUT2D eigenvalue weighted by molar-refractivity contribution is 0.457. The van der Waals surface area contributed by atoms with E-state index in [0.29, 0.717) is 6.04 Å². The van der Waals surface area contributed by atoms with E-state index in [0.717, 1.165) is 6.54 Å². The highest BCUT2D eigenvalue weighted by atomic mass is 15.1. The van der Waals surface area contributed by atoms with Crippen LogP contribution in [0.25, 0.3) is 0 Å². The summed E-state index contributed by atoms with van der Waals surface area (Å²) in [4.78, 5) is 0. The molecule has 0 amide bonds. The number of nitrogens with one attached hydrogen (secondary N) is 2. The minimum atomic E-state index is 0.232. The first-order valence-electron chi connectivity index (χ1n) is 6.88. The predicted molar refractivity (Wildman–Crippen MR) is 79.3 cm³/mol.